The van der Waals surface area contributed by atoms with E-state index in [1.54, 1.807) is 35.1 Å². The average Bonchev–Trinajstić information content (AvgIpc) is 3.42. The third-order valence-electron chi connectivity index (χ3n) is 7.28. The van der Waals surface area contributed by atoms with Crippen LogP contribution in [0.4, 0.5) is 5.69 Å². The van der Waals surface area contributed by atoms with E-state index in [1.165, 1.54) is 0 Å². The fourth-order valence-electron chi connectivity index (χ4n) is 5.22. The van der Waals surface area contributed by atoms with Crippen LogP contribution in [0.3, 0.4) is 0 Å². The molecule has 3 amide bonds. The molecule has 1 fully saturated rings. The summed E-state index contributed by atoms with van der Waals surface area (Å²) in [7, 11) is 1.63. The number of benzene rings is 3. The number of ether oxygens (including phenoxy) is 1. The van der Waals surface area contributed by atoms with E-state index in [0.717, 1.165) is 29.7 Å². The summed E-state index contributed by atoms with van der Waals surface area (Å²) in [6, 6.07) is 21.8. The molecule has 37 heavy (non-hydrogen) atoms. The van der Waals surface area contributed by atoms with Gasteiger partial charge in [-0.05, 0) is 66.8 Å². The highest BCUT2D eigenvalue weighted by Gasteiger charge is 2.41. The molecule has 5 rings (SSSR count). The summed E-state index contributed by atoms with van der Waals surface area (Å²) in [4.78, 5) is 43.0. The van der Waals surface area contributed by atoms with Crippen LogP contribution >= 0.6 is 0 Å². The van der Waals surface area contributed by atoms with Gasteiger partial charge in [-0.1, -0.05) is 43.3 Å². The molecule has 1 N–H and O–H groups in total. The zero-order valence-corrected chi connectivity index (χ0v) is 21.1. The van der Waals surface area contributed by atoms with E-state index < -0.39 is 6.04 Å². The molecule has 0 unspecified atom stereocenters. The first-order valence-corrected chi connectivity index (χ1v) is 12.7. The number of hydrogen-bond acceptors (Lipinski definition) is 4. The Hall–Kier alpha value is -4.13. The molecule has 3 aromatic rings. The van der Waals surface area contributed by atoms with Crippen molar-refractivity contribution in [1.29, 1.82) is 0 Å². The van der Waals surface area contributed by atoms with Crippen molar-refractivity contribution in [3.8, 4) is 5.75 Å². The van der Waals surface area contributed by atoms with Gasteiger partial charge >= 0.3 is 0 Å². The predicted octanol–water partition coefficient (Wildman–Crippen LogP) is 4.73. The van der Waals surface area contributed by atoms with Crippen molar-refractivity contribution in [2.45, 2.75) is 44.8 Å². The first kappa shape index (κ1) is 24.6. The van der Waals surface area contributed by atoms with Gasteiger partial charge in [0.05, 0.1) is 30.9 Å². The van der Waals surface area contributed by atoms with Crippen molar-refractivity contribution >= 4 is 23.4 Å². The summed E-state index contributed by atoms with van der Waals surface area (Å²) in [6.45, 7) is 2.97. The second kappa shape index (κ2) is 10.5. The predicted molar refractivity (Wildman–Crippen MR) is 142 cm³/mol. The average molecular weight is 498 g/mol. The van der Waals surface area contributed by atoms with Crippen LogP contribution in [0.5, 0.6) is 5.75 Å². The summed E-state index contributed by atoms with van der Waals surface area (Å²) >= 11 is 0. The Morgan fingerprint density at radius 2 is 1.76 bits per heavy atom. The number of fused-ring (bicyclic) bond motifs is 2. The molecule has 190 valence electrons. The molecule has 3 aromatic carbocycles. The second-order valence-electron chi connectivity index (χ2n) is 9.50. The fourth-order valence-corrected chi connectivity index (χ4v) is 5.22. The maximum absolute atomic E-state index is 13.5. The minimum Gasteiger partial charge on any atom is -0.497 e. The molecule has 2 aliphatic heterocycles. The van der Waals surface area contributed by atoms with Gasteiger partial charge in [0, 0.05) is 12.1 Å². The summed E-state index contributed by atoms with van der Waals surface area (Å²) < 4.78 is 5.23. The Kier molecular flexibility index (Phi) is 6.95. The van der Waals surface area contributed by atoms with Crippen molar-refractivity contribution in [3.05, 3.63) is 95.1 Å². The molecule has 0 spiro atoms. The van der Waals surface area contributed by atoms with Crippen LogP contribution in [0, 0.1) is 0 Å². The summed E-state index contributed by atoms with van der Waals surface area (Å²) in [5.41, 5.74) is 3.65. The van der Waals surface area contributed by atoms with Gasteiger partial charge in [-0.2, -0.15) is 0 Å². The van der Waals surface area contributed by atoms with Crippen LogP contribution in [0.25, 0.3) is 0 Å². The molecule has 0 bridgehead atoms. The lowest BCUT2D eigenvalue weighted by Gasteiger charge is -2.26. The Balaban J connectivity index is 1.33. The van der Waals surface area contributed by atoms with E-state index in [2.05, 4.69) is 5.32 Å². The van der Waals surface area contributed by atoms with E-state index in [1.807, 2.05) is 61.5 Å². The molecule has 1 saturated heterocycles. The van der Waals surface area contributed by atoms with Gasteiger partial charge in [-0.3, -0.25) is 14.4 Å². The van der Waals surface area contributed by atoms with Crippen molar-refractivity contribution in [2.24, 2.45) is 0 Å². The number of para-hydroxylation sites is 1. The minimum atomic E-state index is -0.422. The maximum atomic E-state index is 13.5. The zero-order valence-electron chi connectivity index (χ0n) is 21.1. The van der Waals surface area contributed by atoms with Crippen LogP contribution < -0.4 is 15.0 Å². The molecule has 0 aliphatic carbocycles. The van der Waals surface area contributed by atoms with Crippen LogP contribution in [0.1, 0.15) is 64.1 Å². The standard InChI is InChI=1S/C30H31N3O4/c1-3-25(21-14-16-23(37-2)17-15-21)31-28(34)22-12-10-20(11-13-22)19-33-26-8-5-4-7-24(26)29(35)32-18-6-9-27(32)30(33)36/h4-5,7-8,10-17,25,27H,3,6,9,18-19H2,1-2H3,(H,31,34)/t25-,27+/m0/s1. The van der Waals surface area contributed by atoms with Crippen molar-refractivity contribution < 1.29 is 19.1 Å². The summed E-state index contributed by atoms with van der Waals surface area (Å²) in [5, 5.41) is 3.11. The lowest BCUT2D eigenvalue weighted by molar-refractivity contribution is -0.122. The molecule has 7 nitrogen and oxygen atoms in total. The van der Waals surface area contributed by atoms with Gasteiger partial charge in [0.15, 0.2) is 0 Å². The van der Waals surface area contributed by atoms with Crippen LogP contribution in [0.2, 0.25) is 0 Å². The molecule has 2 aliphatic rings. The topological polar surface area (TPSA) is 79.0 Å². The molecule has 0 radical (unpaired) electrons. The number of nitrogens with one attached hydrogen (secondary N) is 1. The minimum absolute atomic E-state index is 0.0529. The summed E-state index contributed by atoms with van der Waals surface area (Å²) in [5.74, 6) is 0.486. The highest BCUT2D eigenvalue weighted by molar-refractivity contribution is 6.11. The normalized spacial score (nSPS) is 17.6. The number of amides is 3. The van der Waals surface area contributed by atoms with E-state index in [4.69, 9.17) is 4.74 Å². The van der Waals surface area contributed by atoms with Gasteiger partial charge in [-0.25, -0.2) is 0 Å². The number of nitrogens with zero attached hydrogens (tertiary/aromatic N) is 2. The largest absolute Gasteiger partial charge is 0.497 e. The summed E-state index contributed by atoms with van der Waals surface area (Å²) in [6.07, 6.45) is 2.27. The molecular formula is C30H31N3O4. The van der Waals surface area contributed by atoms with Crippen molar-refractivity contribution in [1.82, 2.24) is 10.2 Å². The monoisotopic (exact) mass is 497 g/mol. The van der Waals surface area contributed by atoms with Crippen molar-refractivity contribution in [3.63, 3.8) is 0 Å². The van der Waals surface area contributed by atoms with Gasteiger partial charge in [-0.15, -0.1) is 0 Å². The van der Waals surface area contributed by atoms with Crippen LogP contribution in [0.15, 0.2) is 72.8 Å². The smallest absolute Gasteiger partial charge is 0.256 e. The molecule has 0 saturated carbocycles. The number of carbonyl (C=O) groups is 3. The highest BCUT2D eigenvalue weighted by Crippen LogP contribution is 2.33. The Labute approximate surface area is 217 Å². The molecule has 7 heteroatoms. The lowest BCUT2D eigenvalue weighted by Crippen LogP contribution is -2.44. The number of carbonyl (C=O) groups excluding carboxylic acids is 3. The Bertz CT molecular complexity index is 1300. The van der Waals surface area contributed by atoms with Crippen LogP contribution in [-0.2, 0) is 11.3 Å². The number of methoxy groups -OCH3 is 1. The number of anilines is 1. The van der Waals surface area contributed by atoms with Crippen molar-refractivity contribution in [2.75, 3.05) is 18.6 Å². The van der Waals surface area contributed by atoms with Gasteiger partial charge < -0.3 is 19.9 Å². The first-order valence-electron chi connectivity index (χ1n) is 12.7. The quantitative estimate of drug-likeness (QED) is 0.512. The van der Waals surface area contributed by atoms with Gasteiger partial charge in [0.1, 0.15) is 11.8 Å². The van der Waals surface area contributed by atoms with E-state index in [0.29, 0.717) is 36.3 Å². The number of hydrogen-bond donors (Lipinski definition) is 1. The van der Waals surface area contributed by atoms with Gasteiger partial charge in [0.2, 0.25) is 5.91 Å². The van der Waals surface area contributed by atoms with E-state index in [9.17, 15) is 14.4 Å². The van der Waals surface area contributed by atoms with Crippen LogP contribution in [-0.4, -0.2) is 42.3 Å². The zero-order chi connectivity index (χ0) is 25.9. The maximum Gasteiger partial charge on any atom is 0.256 e. The van der Waals surface area contributed by atoms with E-state index in [-0.39, 0.29) is 23.8 Å². The Morgan fingerprint density at radius 1 is 1.03 bits per heavy atom. The third-order valence-corrected chi connectivity index (χ3v) is 7.28. The Morgan fingerprint density at radius 3 is 2.46 bits per heavy atom. The number of rotatable bonds is 7. The lowest BCUT2D eigenvalue weighted by atomic mass is 10.0. The van der Waals surface area contributed by atoms with Gasteiger partial charge in [0.25, 0.3) is 11.8 Å². The SMILES string of the molecule is CC[C@H](NC(=O)c1ccc(CN2C(=O)[C@H]3CCCN3C(=O)c3ccccc32)cc1)c1ccc(OC)cc1. The third kappa shape index (κ3) is 4.81. The molecule has 2 atom stereocenters. The first-order chi connectivity index (χ1) is 18.0. The second-order valence-corrected chi connectivity index (χ2v) is 9.50. The highest BCUT2D eigenvalue weighted by atomic mass is 16.5. The molecule has 2 heterocycles. The fraction of sp³-hybridized carbons (Fsp3) is 0.300. The molecular weight excluding hydrogens is 466 g/mol. The molecule has 0 aromatic heterocycles. The van der Waals surface area contributed by atoms with E-state index >= 15 is 0 Å².